The Hall–Kier alpha value is -2.78. The number of fused-ring (bicyclic) bond motifs is 4. The normalized spacial score (nSPS) is 37.7. The van der Waals surface area contributed by atoms with Gasteiger partial charge in [0.05, 0.1) is 43.0 Å². The first-order valence-electron chi connectivity index (χ1n) is 16.0. The Labute approximate surface area is 263 Å². The first-order chi connectivity index (χ1) is 21.1. The minimum atomic E-state index is -1.24. The van der Waals surface area contributed by atoms with Crippen molar-refractivity contribution in [3.63, 3.8) is 0 Å². The standard InChI is InChI=1S/C36H52O8/c1-6-41-35(40)30(38)18-13-14-19-32-36(5,24-37)33-23-29(43-32)17-10-7-9-15-25(2)21-31-27(4)26(3)22-28(42-31)16-11-8-12-20-34(39)44-33/h8-15,17,20-21,26-33,37-38H,6-7,16,18-19,22-24H2,1-5H3/b11-8+,14-13-,15-9+,17-10?,20-12+,25-21-/t26-,27+,28-,29+,30?,31+,32-,33+,36-/m0/s1. The Morgan fingerprint density at radius 1 is 1.14 bits per heavy atom. The van der Waals surface area contributed by atoms with E-state index in [0.29, 0.717) is 31.1 Å². The Balaban J connectivity index is 1.80. The van der Waals surface area contributed by atoms with E-state index >= 15 is 0 Å². The second kappa shape index (κ2) is 17.6. The summed E-state index contributed by atoms with van der Waals surface area (Å²) in [6.45, 7) is 10.1. The van der Waals surface area contributed by atoms with E-state index in [9.17, 15) is 19.8 Å². The van der Waals surface area contributed by atoms with Crippen LogP contribution < -0.4 is 0 Å². The molecule has 0 aromatic carbocycles. The molecular weight excluding hydrogens is 560 g/mol. The number of aliphatic hydroxyl groups excluding tert-OH is 2. The van der Waals surface area contributed by atoms with Crippen molar-refractivity contribution in [2.24, 2.45) is 17.3 Å². The second-order valence-corrected chi connectivity index (χ2v) is 12.5. The molecule has 0 amide bonds. The molecule has 4 bridgehead atoms. The van der Waals surface area contributed by atoms with E-state index in [-0.39, 0.29) is 37.9 Å². The summed E-state index contributed by atoms with van der Waals surface area (Å²) in [5, 5.41) is 20.5. The Morgan fingerprint density at radius 3 is 2.68 bits per heavy atom. The van der Waals surface area contributed by atoms with Crippen molar-refractivity contribution in [2.75, 3.05) is 13.2 Å². The molecule has 8 nitrogen and oxygen atoms in total. The first kappa shape index (κ1) is 35.7. The Kier molecular flexibility index (Phi) is 14.3. The number of carbonyl (C=O) groups excluding carboxylic acids is 2. The van der Waals surface area contributed by atoms with Gasteiger partial charge in [0.2, 0.25) is 0 Å². The first-order valence-corrected chi connectivity index (χ1v) is 16.0. The third kappa shape index (κ3) is 10.4. The maximum atomic E-state index is 12.9. The van der Waals surface area contributed by atoms with Crippen LogP contribution >= 0.6 is 0 Å². The summed E-state index contributed by atoms with van der Waals surface area (Å²) in [4.78, 5) is 24.6. The fourth-order valence-corrected chi connectivity index (χ4v) is 5.92. The van der Waals surface area contributed by atoms with Crippen molar-refractivity contribution < 1.29 is 38.7 Å². The van der Waals surface area contributed by atoms with Crippen LogP contribution in [-0.4, -0.2) is 72.0 Å². The minimum absolute atomic E-state index is 0.0567. The average molecular weight is 613 g/mol. The molecule has 0 aromatic rings. The third-order valence-electron chi connectivity index (χ3n) is 9.00. The maximum Gasteiger partial charge on any atom is 0.335 e. The summed E-state index contributed by atoms with van der Waals surface area (Å²) in [6.07, 6.45) is 21.9. The van der Waals surface area contributed by atoms with Crippen LogP contribution in [-0.2, 0) is 28.5 Å². The number of hydrogen-bond acceptors (Lipinski definition) is 8. The van der Waals surface area contributed by atoms with Crippen molar-refractivity contribution in [1.29, 1.82) is 0 Å². The van der Waals surface area contributed by atoms with E-state index in [1.165, 1.54) is 6.08 Å². The zero-order valence-electron chi connectivity index (χ0n) is 27.0. The number of ether oxygens (including phenoxy) is 4. The number of allylic oxidation sites excluding steroid dienone is 6. The van der Waals surface area contributed by atoms with Gasteiger partial charge in [0, 0.05) is 18.9 Å². The lowest BCUT2D eigenvalue weighted by molar-refractivity contribution is -0.198. The third-order valence-corrected chi connectivity index (χ3v) is 9.00. The highest BCUT2D eigenvalue weighted by Gasteiger charge is 2.49. The van der Waals surface area contributed by atoms with Crippen molar-refractivity contribution in [1.82, 2.24) is 0 Å². The predicted molar refractivity (Wildman–Crippen MR) is 171 cm³/mol. The molecule has 3 heterocycles. The summed E-state index contributed by atoms with van der Waals surface area (Å²) >= 11 is 0. The number of esters is 2. The second-order valence-electron chi connectivity index (χ2n) is 12.5. The van der Waals surface area contributed by atoms with Gasteiger partial charge in [-0.3, -0.25) is 0 Å². The van der Waals surface area contributed by atoms with Crippen LogP contribution in [0.5, 0.6) is 0 Å². The monoisotopic (exact) mass is 612 g/mol. The molecule has 244 valence electrons. The Morgan fingerprint density at radius 2 is 1.93 bits per heavy atom. The lowest BCUT2D eigenvalue weighted by atomic mass is 9.73. The van der Waals surface area contributed by atoms with Gasteiger partial charge in [0.15, 0.2) is 6.10 Å². The Bertz CT molecular complexity index is 1120. The molecule has 0 radical (unpaired) electrons. The number of rotatable bonds is 7. The molecule has 3 aliphatic rings. The maximum absolute atomic E-state index is 12.9. The number of hydrogen-bond donors (Lipinski definition) is 2. The van der Waals surface area contributed by atoms with Crippen molar-refractivity contribution in [3.05, 3.63) is 72.4 Å². The zero-order valence-corrected chi connectivity index (χ0v) is 27.0. The smallest absolute Gasteiger partial charge is 0.335 e. The molecule has 0 aromatic heterocycles. The molecule has 44 heavy (non-hydrogen) atoms. The van der Waals surface area contributed by atoms with Gasteiger partial charge in [-0.1, -0.05) is 87.1 Å². The summed E-state index contributed by atoms with van der Waals surface area (Å²) in [7, 11) is 0. The van der Waals surface area contributed by atoms with Gasteiger partial charge in [0.25, 0.3) is 0 Å². The van der Waals surface area contributed by atoms with E-state index in [4.69, 9.17) is 18.9 Å². The lowest BCUT2D eigenvalue weighted by Gasteiger charge is -2.47. The van der Waals surface area contributed by atoms with E-state index in [1.54, 1.807) is 19.1 Å². The molecule has 0 spiro atoms. The van der Waals surface area contributed by atoms with Crippen molar-refractivity contribution in [3.8, 4) is 0 Å². The largest absolute Gasteiger partial charge is 0.464 e. The molecule has 0 saturated carbocycles. The molecule has 8 heteroatoms. The van der Waals surface area contributed by atoms with E-state index < -0.39 is 35.7 Å². The predicted octanol–water partition coefficient (Wildman–Crippen LogP) is 5.71. The highest BCUT2D eigenvalue weighted by molar-refractivity contribution is 5.82. The van der Waals surface area contributed by atoms with E-state index in [0.717, 1.165) is 18.4 Å². The lowest BCUT2D eigenvalue weighted by Crippen LogP contribution is -2.55. The van der Waals surface area contributed by atoms with Crippen molar-refractivity contribution >= 4 is 11.9 Å². The van der Waals surface area contributed by atoms with Gasteiger partial charge in [-0.25, -0.2) is 9.59 Å². The molecule has 1 unspecified atom stereocenters. The van der Waals surface area contributed by atoms with Gasteiger partial charge in [-0.05, 0) is 51.4 Å². The van der Waals surface area contributed by atoms with Crippen LogP contribution in [0.15, 0.2) is 72.4 Å². The van der Waals surface area contributed by atoms with Gasteiger partial charge in [-0.15, -0.1) is 0 Å². The summed E-state index contributed by atoms with van der Waals surface area (Å²) in [6, 6.07) is 0. The summed E-state index contributed by atoms with van der Waals surface area (Å²) in [5.74, 6) is -0.173. The van der Waals surface area contributed by atoms with Crippen LogP contribution in [0.3, 0.4) is 0 Å². The molecule has 3 rings (SSSR count). The van der Waals surface area contributed by atoms with Gasteiger partial charge >= 0.3 is 11.9 Å². The van der Waals surface area contributed by atoms with Gasteiger partial charge in [-0.2, -0.15) is 0 Å². The van der Waals surface area contributed by atoms with Gasteiger partial charge < -0.3 is 29.2 Å². The molecule has 2 fully saturated rings. The van der Waals surface area contributed by atoms with E-state index in [2.05, 4.69) is 39.0 Å². The van der Waals surface area contributed by atoms with Crippen LogP contribution in [0.4, 0.5) is 0 Å². The van der Waals surface area contributed by atoms with Crippen molar-refractivity contribution in [2.45, 2.75) is 110 Å². The highest BCUT2D eigenvalue weighted by atomic mass is 16.6. The molecule has 2 saturated heterocycles. The fourth-order valence-electron chi connectivity index (χ4n) is 5.92. The molecule has 2 N–H and O–H groups in total. The zero-order chi connectivity index (χ0) is 32.1. The highest BCUT2D eigenvalue weighted by Crippen LogP contribution is 2.41. The fraction of sp³-hybridized carbons (Fsp3) is 0.611. The quantitative estimate of drug-likeness (QED) is 0.278. The van der Waals surface area contributed by atoms with Gasteiger partial charge in [0.1, 0.15) is 6.10 Å². The van der Waals surface area contributed by atoms with Crippen LogP contribution in [0, 0.1) is 17.3 Å². The molecule has 9 atom stereocenters. The topological polar surface area (TPSA) is 112 Å². The van der Waals surface area contributed by atoms with E-state index in [1.807, 2.05) is 37.3 Å². The number of carbonyl (C=O) groups is 2. The van der Waals surface area contributed by atoms with Crippen LogP contribution in [0.1, 0.15) is 73.1 Å². The van der Waals surface area contributed by atoms with Crippen LogP contribution in [0.25, 0.3) is 0 Å². The summed E-state index contributed by atoms with van der Waals surface area (Å²) in [5.41, 5.74) is 0.297. The number of aliphatic hydroxyl groups is 2. The average Bonchev–Trinajstić information content (AvgIpc) is 2.98. The SMILES string of the molecule is CCOC(=O)C(O)C/C=C\C[C@@H]1O[C@@H]2C=CC/C=C/C(C)=C\[C@H]3O[C@@H](C/C=C/C=C/C(=O)O[C@H](C2)[C@@]1(C)CO)C[C@H](C)[C@H]3C. The minimum Gasteiger partial charge on any atom is -0.464 e. The molecule has 3 aliphatic heterocycles. The molecular formula is C36H52O8. The summed E-state index contributed by atoms with van der Waals surface area (Å²) < 4.78 is 23.7. The van der Waals surface area contributed by atoms with Crippen LogP contribution in [0.2, 0.25) is 0 Å². The molecule has 0 aliphatic carbocycles.